The zero-order valence-corrected chi connectivity index (χ0v) is 18.3. The Morgan fingerprint density at radius 2 is 1.96 bits per heavy atom. The highest BCUT2D eigenvalue weighted by atomic mass is 127. The molecular weight excluding hydrogens is 445 g/mol. The molecule has 2 rings (SSSR count). The first-order chi connectivity index (χ1) is 11.7. The Hall–Kier alpha value is -1.12. The van der Waals surface area contributed by atoms with Gasteiger partial charge in [0.05, 0.1) is 13.2 Å². The van der Waals surface area contributed by atoms with Gasteiger partial charge in [-0.05, 0) is 35.9 Å². The first-order valence-corrected chi connectivity index (χ1v) is 9.20. The lowest BCUT2D eigenvalue weighted by atomic mass is 10.1. The average Bonchev–Trinajstić information content (AvgIpc) is 3.11. The molecule has 0 saturated heterocycles. The van der Waals surface area contributed by atoms with E-state index in [0.29, 0.717) is 13.2 Å². The molecule has 1 aromatic heterocycles. The van der Waals surface area contributed by atoms with Crippen molar-refractivity contribution in [3.05, 3.63) is 57.8 Å². The molecule has 0 saturated carbocycles. The zero-order valence-electron chi connectivity index (χ0n) is 15.2. The van der Waals surface area contributed by atoms with Crippen molar-refractivity contribution in [1.82, 2.24) is 10.2 Å². The van der Waals surface area contributed by atoms with E-state index < -0.39 is 0 Å². The number of rotatable bonds is 8. The summed E-state index contributed by atoms with van der Waals surface area (Å²) < 4.78 is 5.28. The molecule has 0 bridgehead atoms. The van der Waals surface area contributed by atoms with E-state index in [1.54, 1.807) is 18.4 Å². The number of aliphatic imine (C=N–C) groups is 1. The molecule has 0 aliphatic heterocycles. The van der Waals surface area contributed by atoms with Crippen LogP contribution in [0, 0.1) is 0 Å². The molecule has 0 aliphatic rings. The summed E-state index contributed by atoms with van der Waals surface area (Å²) in [4.78, 5) is 8.41. The topological polar surface area (TPSA) is 36.9 Å². The van der Waals surface area contributed by atoms with Gasteiger partial charge >= 0.3 is 0 Å². The Bertz CT molecular complexity index is 631. The lowest BCUT2D eigenvalue weighted by Crippen LogP contribution is -2.39. The van der Waals surface area contributed by atoms with Crippen LogP contribution in [0.15, 0.2) is 46.8 Å². The predicted octanol–water partition coefficient (Wildman–Crippen LogP) is 4.15. The third-order valence-electron chi connectivity index (χ3n) is 3.79. The van der Waals surface area contributed by atoms with Gasteiger partial charge in [-0.1, -0.05) is 30.3 Å². The van der Waals surface area contributed by atoms with Crippen molar-refractivity contribution in [2.24, 2.45) is 4.99 Å². The van der Waals surface area contributed by atoms with Crippen LogP contribution in [0.3, 0.4) is 0 Å². The van der Waals surface area contributed by atoms with Gasteiger partial charge in [0, 0.05) is 32.1 Å². The van der Waals surface area contributed by atoms with Crippen LogP contribution in [-0.2, 0) is 24.3 Å². The fraction of sp³-hybridized carbons (Fsp3) is 0.421. The Morgan fingerprint density at radius 1 is 1.20 bits per heavy atom. The number of ether oxygens (including phenoxy) is 1. The minimum absolute atomic E-state index is 0. The molecule has 0 amide bonds. The van der Waals surface area contributed by atoms with Crippen LogP contribution in [0.25, 0.3) is 0 Å². The van der Waals surface area contributed by atoms with Gasteiger partial charge in [0.1, 0.15) is 0 Å². The van der Waals surface area contributed by atoms with E-state index in [1.165, 1.54) is 16.0 Å². The standard InChI is InChI=1S/C19H27N3OS.HI/c1-4-20-19(22(2)12-11-18-10-7-13-24-18)21-14-16-8-5-6-9-17(16)15-23-3;/h5-10,13H,4,11-12,14-15H2,1-3H3,(H,20,21);1H. The summed E-state index contributed by atoms with van der Waals surface area (Å²) in [7, 11) is 3.82. The molecule has 138 valence electrons. The van der Waals surface area contributed by atoms with Gasteiger partial charge in [-0.25, -0.2) is 4.99 Å². The summed E-state index contributed by atoms with van der Waals surface area (Å²) in [5, 5.41) is 5.51. The summed E-state index contributed by atoms with van der Waals surface area (Å²) in [5.74, 6) is 0.946. The van der Waals surface area contributed by atoms with Crippen molar-refractivity contribution in [3.8, 4) is 0 Å². The van der Waals surface area contributed by atoms with Gasteiger partial charge in [0.25, 0.3) is 0 Å². The van der Waals surface area contributed by atoms with Crippen LogP contribution in [-0.4, -0.2) is 38.1 Å². The predicted molar refractivity (Wildman–Crippen MR) is 118 cm³/mol. The second kappa shape index (κ2) is 12.3. The monoisotopic (exact) mass is 473 g/mol. The highest BCUT2D eigenvalue weighted by Gasteiger charge is 2.07. The van der Waals surface area contributed by atoms with Gasteiger partial charge in [0.15, 0.2) is 5.96 Å². The van der Waals surface area contributed by atoms with E-state index in [1.807, 2.05) is 6.07 Å². The maximum absolute atomic E-state index is 5.28. The van der Waals surface area contributed by atoms with Crippen molar-refractivity contribution in [1.29, 1.82) is 0 Å². The minimum atomic E-state index is 0. The second-order valence-electron chi connectivity index (χ2n) is 5.62. The summed E-state index contributed by atoms with van der Waals surface area (Å²) in [6, 6.07) is 12.6. The fourth-order valence-corrected chi connectivity index (χ4v) is 3.17. The summed E-state index contributed by atoms with van der Waals surface area (Å²) in [6.07, 6.45) is 1.04. The molecule has 4 nitrogen and oxygen atoms in total. The molecule has 0 radical (unpaired) electrons. The van der Waals surface area contributed by atoms with Crippen LogP contribution in [0.1, 0.15) is 22.9 Å². The summed E-state index contributed by atoms with van der Waals surface area (Å²) in [6.45, 7) is 5.19. The van der Waals surface area contributed by atoms with Gasteiger partial charge in [0.2, 0.25) is 0 Å². The van der Waals surface area contributed by atoms with Crippen LogP contribution in [0.2, 0.25) is 0 Å². The van der Waals surface area contributed by atoms with Gasteiger partial charge in [-0.2, -0.15) is 0 Å². The number of likely N-dealkylation sites (N-methyl/N-ethyl adjacent to an activating group) is 1. The SMILES string of the molecule is CCNC(=NCc1ccccc1COC)N(C)CCc1cccs1.I. The molecule has 0 unspecified atom stereocenters. The highest BCUT2D eigenvalue weighted by Crippen LogP contribution is 2.12. The van der Waals surface area contributed by atoms with E-state index >= 15 is 0 Å². The zero-order chi connectivity index (χ0) is 17.2. The van der Waals surface area contributed by atoms with E-state index in [-0.39, 0.29) is 24.0 Å². The van der Waals surface area contributed by atoms with Gasteiger partial charge in [-0.3, -0.25) is 0 Å². The van der Waals surface area contributed by atoms with Crippen molar-refractivity contribution in [2.75, 3.05) is 27.2 Å². The lowest BCUT2D eigenvalue weighted by molar-refractivity contribution is 0.184. The van der Waals surface area contributed by atoms with Gasteiger partial charge in [-0.15, -0.1) is 35.3 Å². The number of methoxy groups -OCH3 is 1. The Balaban J connectivity index is 0.00000312. The van der Waals surface area contributed by atoms with E-state index in [0.717, 1.165) is 25.5 Å². The van der Waals surface area contributed by atoms with Crippen LogP contribution < -0.4 is 5.32 Å². The number of halogens is 1. The number of hydrogen-bond donors (Lipinski definition) is 1. The number of hydrogen-bond acceptors (Lipinski definition) is 3. The average molecular weight is 473 g/mol. The quantitative estimate of drug-likeness (QED) is 0.356. The van der Waals surface area contributed by atoms with Crippen LogP contribution in [0.4, 0.5) is 0 Å². The normalized spacial score (nSPS) is 11.1. The molecule has 6 heteroatoms. The Labute approximate surface area is 172 Å². The second-order valence-corrected chi connectivity index (χ2v) is 6.66. The third kappa shape index (κ3) is 7.33. The maximum Gasteiger partial charge on any atom is 0.193 e. The number of benzene rings is 1. The van der Waals surface area contributed by atoms with Crippen molar-refractivity contribution in [3.63, 3.8) is 0 Å². The molecular formula is C19H28IN3OS. The summed E-state index contributed by atoms with van der Waals surface area (Å²) >= 11 is 1.81. The van der Waals surface area contributed by atoms with E-state index in [4.69, 9.17) is 9.73 Å². The third-order valence-corrected chi connectivity index (χ3v) is 4.72. The number of guanidine groups is 1. The van der Waals surface area contributed by atoms with Crippen LogP contribution in [0.5, 0.6) is 0 Å². The molecule has 1 heterocycles. The highest BCUT2D eigenvalue weighted by molar-refractivity contribution is 14.0. The van der Waals surface area contributed by atoms with E-state index in [9.17, 15) is 0 Å². The smallest absolute Gasteiger partial charge is 0.193 e. The maximum atomic E-state index is 5.28. The minimum Gasteiger partial charge on any atom is -0.380 e. The van der Waals surface area contributed by atoms with Gasteiger partial charge < -0.3 is 15.0 Å². The Kier molecular flexibility index (Phi) is 10.8. The number of nitrogens with one attached hydrogen (secondary N) is 1. The number of nitrogens with zero attached hydrogens (tertiary/aromatic N) is 2. The van der Waals surface area contributed by atoms with Crippen molar-refractivity contribution >= 4 is 41.3 Å². The van der Waals surface area contributed by atoms with Crippen molar-refractivity contribution < 1.29 is 4.74 Å². The number of thiophene rings is 1. The molecule has 1 aromatic carbocycles. The molecule has 0 spiro atoms. The molecule has 0 fully saturated rings. The molecule has 25 heavy (non-hydrogen) atoms. The molecule has 2 aromatic rings. The fourth-order valence-electron chi connectivity index (χ4n) is 2.48. The lowest BCUT2D eigenvalue weighted by Gasteiger charge is -2.22. The Morgan fingerprint density at radius 3 is 2.60 bits per heavy atom. The molecule has 0 aliphatic carbocycles. The largest absolute Gasteiger partial charge is 0.380 e. The molecule has 0 atom stereocenters. The van der Waals surface area contributed by atoms with Crippen LogP contribution >= 0.6 is 35.3 Å². The first kappa shape index (κ1) is 21.9. The summed E-state index contributed by atoms with van der Waals surface area (Å²) in [5.41, 5.74) is 2.40. The molecule has 1 N–H and O–H groups in total. The van der Waals surface area contributed by atoms with E-state index in [2.05, 4.69) is 59.9 Å². The first-order valence-electron chi connectivity index (χ1n) is 8.32. The van der Waals surface area contributed by atoms with Crippen molar-refractivity contribution in [2.45, 2.75) is 26.5 Å².